The highest BCUT2D eigenvalue weighted by Crippen LogP contribution is 2.38. The maximum Gasteiger partial charge on any atom is 0.238 e. The van der Waals surface area contributed by atoms with Gasteiger partial charge >= 0.3 is 0 Å². The summed E-state index contributed by atoms with van der Waals surface area (Å²) in [4.78, 5) is 13.6. The van der Waals surface area contributed by atoms with E-state index in [2.05, 4.69) is 30.4 Å². The molecule has 3 nitrogen and oxygen atoms in total. The molecule has 0 bridgehead atoms. The zero-order chi connectivity index (χ0) is 14.8. The third-order valence-corrected chi connectivity index (χ3v) is 4.85. The van der Waals surface area contributed by atoms with Crippen LogP contribution >= 0.6 is 11.8 Å². The van der Waals surface area contributed by atoms with Gasteiger partial charge in [0.15, 0.2) is 0 Å². The number of thioether (sulfide) groups is 1. The molecule has 21 heavy (non-hydrogen) atoms. The lowest BCUT2D eigenvalue weighted by atomic mass is 10.1. The van der Waals surface area contributed by atoms with Gasteiger partial charge in [0.2, 0.25) is 5.91 Å². The average molecular weight is 299 g/mol. The maximum absolute atomic E-state index is 12.4. The van der Waals surface area contributed by atoms with E-state index in [0.29, 0.717) is 0 Å². The van der Waals surface area contributed by atoms with Crippen molar-refractivity contribution in [1.82, 2.24) is 0 Å². The number of ether oxygens (including phenoxy) is 1. The number of aryl methyl sites for hydroxylation is 1. The molecule has 108 valence electrons. The van der Waals surface area contributed by atoms with Crippen LogP contribution in [0.4, 0.5) is 5.69 Å². The Kier molecular flexibility index (Phi) is 3.88. The fourth-order valence-corrected chi connectivity index (χ4v) is 3.67. The number of carbonyl (C=O) groups excluding carboxylic acids is 1. The Morgan fingerprint density at radius 1 is 1.24 bits per heavy atom. The zero-order valence-corrected chi connectivity index (χ0v) is 12.9. The summed E-state index contributed by atoms with van der Waals surface area (Å²) in [5.41, 5.74) is 3.30. The number of methoxy groups -OCH3 is 1. The SMILES string of the molecule is COc1ccc(NC(=O)[C@@H]2Cc3ccc(C)cc3S2)cc1. The third-order valence-electron chi connectivity index (χ3n) is 3.55. The van der Waals surface area contributed by atoms with Crippen LogP contribution in [0.5, 0.6) is 5.75 Å². The number of benzene rings is 2. The molecule has 0 aliphatic carbocycles. The minimum Gasteiger partial charge on any atom is -0.497 e. The lowest BCUT2D eigenvalue weighted by Crippen LogP contribution is -2.24. The van der Waals surface area contributed by atoms with Crippen molar-refractivity contribution < 1.29 is 9.53 Å². The first-order valence-electron chi connectivity index (χ1n) is 6.87. The van der Waals surface area contributed by atoms with E-state index in [0.717, 1.165) is 17.9 Å². The van der Waals surface area contributed by atoms with Gasteiger partial charge in [0.05, 0.1) is 12.4 Å². The van der Waals surface area contributed by atoms with E-state index in [4.69, 9.17) is 4.74 Å². The number of anilines is 1. The molecule has 0 spiro atoms. The Bertz CT molecular complexity index is 667. The van der Waals surface area contributed by atoms with Gasteiger partial charge in [0, 0.05) is 10.6 Å². The molecule has 0 radical (unpaired) electrons. The van der Waals surface area contributed by atoms with Gasteiger partial charge in [-0.05, 0) is 49.2 Å². The van der Waals surface area contributed by atoms with Gasteiger partial charge in [-0.25, -0.2) is 0 Å². The highest BCUT2D eigenvalue weighted by molar-refractivity contribution is 8.01. The van der Waals surface area contributed by atoms with Crippen LogP contribution in [0.1, 0.15) is 11.1 Å². The largest absolute Gasteiger partial charge is 0.497 e. The molecule has 1 N–H and O–H groups in total. The molecular weight excluding hydrogens is 282 g/mol. The highest BCUT2D eigenvalue weighted by atomic mass is 32.2. The molecule has 4 heteroatoms. The van der Waals surface area contributed by atoms with E-state index in [-0.39, 0.29) is 11.2 Å². The summed E-state index contributed by atoms with van der Waals surface area (Å²) in [6.07, 6.45) is 0.794. The second-order valence-electron chi connectivity index (χ2n) is 5.14. The van der Waals surface area contributed by atoms with Crippen LogP contribution in [0.2, 0.25) is 0 Å². The topological polar surface area (TPSA) is 38.3 Å². The van der Waals surface area contributed by atoms with Crippen LogP contribution in [0.3, 0.4) is 0 Å². The molecule has 0 saturated carbocycles. The molecule has 0 unspecified atom stereocenters. The van der Waals surface area contributed by atoms with E-state index in [9.17, 15) is 4.79 Å². The summed E-state index contributed by atoms with van der Waals surface area (Å²) in [6, 6.07) is 13.8. The van der Waals surface area contributed by atoms with Crippen molar-refractivity contribution in [3.63, 3.8) is 0 Å². The molecule has 0 aromatic heterocycles. The lowest BCUT2D eigenvalue weighted by Gasteiger charge is -2.10. The molecule has 1 aliphatic rings. The fraction of sp³-hybridized carbons (Fsp3) is 0.235. The minimum absolute atomic E-state index is 0.0519. The standard InChI is InChI=1S/C17H17NO2S/c1-11-3-4-12-10-16(21-15(12)9-11)17(19)18-13-5-7-14(20-2)8-6-13/h3-9,16H,10H2,1-2H3,(H,18,19)/t16-/m0/s1. The summed E-state index contributed by atoms with van der Waals surface area (Å²) in [6.45, 7) is 2.07. The highest BCUT2D eigenvalue weighted by Gasteiger charge is 2.28. The van der Waals surface area contributed by atoms with Gasteiger partial charge in [0.25, 0.3) is 0 Å². The number of hydrogen-bond acceptors (Lipinski definition) is 3. The van der Waals surface area contributed by atoms with E-state index in [1.165, 1.54) is 16.0 Å². The monoisotopic (exact) mass is 299 g/mol. The van der Waals surface area contributed by atoms with Crippen LogP contribution in [0.15, 0.2) is 47.4 Å². The summed E-state index contributed by atoms with van der Waals surface area (Å²) >= 11 is 1.65. The molecule has 1 atom stereocenters. The van der Waals surface area contributed by atoms with E-state index >= 15 is 0 Å². The van der Waals surface area contributed by atoms with Gasteiger partial charge in [-0.1, -0.05) is 17.7 Å². The molecule has 1 heterocycles. The van der Waals surface area contributed by atoms with Gasteiger partial charge in [-0.2, -0.15) is 0 Å². The molecule has 2 aromatic rings. The second kappa shape index (κ2) is 5.82. The summed E-state index contributed by atoms with van der Waals surface area (Å²) in [5, 5.41) is 2.92. The smallest absolute Gasteiger partial charge is 0.238 e. The van der Waals surface area contributed by atoms with Gasteiger partial charge in [-0.15, -0.1) is 11.8 Å². The number of rotatable bonds is 3. The summed E-state index contributed by atoms with van der Waals surface area (Å²) in [7, 11) is 1.63. The van der Waals surface area contributed by atoms with Gasteiger partial charge in [0.1, 0.15) is 5.75 Å². The predicted octanol–water partition coefficient (Wildman–Crippen LogP) is 3.66. The molecule has 1 amide bonds. The summed E-state index contributed by atoms with van der Waals surface area (Å²) in [5.74, 6) is 0.838. The first kappa shape index (κ1) is 14.0. The van der Waals surface area contributed by atoms with E-state index in [1.807, 2.05) is 24.3 Å². The van der Waals surface area contributed by atoms with Crippen molar-refractivity contribution >= 4 is 23.4 Å². The van der Waals surface area contributed by atoms with Crippen LogP contribution in [-0.2, 0) is 11.2 Å². The number of nitrogens with one attached hydrogen (secondary N) is 1. The Morgan fingerprint density at radius 3 is 2.71 bits per heavy atom. The van der Waals surface area contributed by atoms with Crippen molar-refractivity contribution in [3.05, 3.63) is 53.6 Å². The van der Waals surface area contributed by atoms with Crippen molar-refractivity contribution in [3.8, 4) is 5.75 Å². The average Bonchev–Trinajstić information content (AvgIpc) is 2.91. The van der Waals surface area contributed by atoms with Gasteiger partial charge in [-0.3, -0.25) is 4.79 Å². The number of fused-ring (bicyclic) bond motifs is 1. The van der Waals surface area contributed by atoms with Crippen molar-refractivity contribution in [1.29, 1.82) is 0 Å². The Hall–Kier alpha value is -1.94. The predicted molar refractivity (Wildman–Crippen MR) is 86.2 cm³/mol. The van der Waals surface area contributed by atoms with Crippen LogP contribution < -0.4 is 10.1 Å². The van der Waals surface area contributed by atoms with E-state index in [1.54, 1.807) is 18.9 Å². The molecule has 2 aromatic carbocycles. The molecule has 0 saturated heterocycles. The van der Waals surface area contributed by atoms with Crippen LogP contribution in [0.25, 0.3) is 0 Å². The number of amides is 1. The molecule has 0 fully saturated rings. The second-order valence-corrected chi connectivity index (χ2v) is 6.38. The Labute approximate surface area is 128 Å². The number of hydrogen-bond donors (Lipinski definition) is 1. The molecule has 3 rings (SSSR count). The Balaban J connectivity index is 1.67. The van der Waals surface area contributed by atoms with E-state index < -0.39 is 0 Å². The quantitative estimate of drug-likeness (QED) is 0.940. The molecule has 1 aliphatic heterocycles. The zero-order valence-electron chi connectivity index (χ0n) is 12.1. The number of carbonyl (C=O) groups is 1. The Morgan fingerprint density at radius 2 is 2.00 bits per heavy atom. The molecular formula is C17H17NO2S. The fourth-order valence-electron chi connectivity index (χ4n) is 2.38. The van der Waals surface area contributed by atoms with Crippen LogP contribution in [-0.4, -0.2) is 18.3 Å². The first-order valence-corrected chi connectivity index (χ1v) is 7.75. The third kappa shape index (κ3) is 3.05. The van der Waals surface area contributed by atoms with Crippen LogP contribution in [0, 0.1) is 6.92 Å². The first-order chi connectivity index (χ1) is 10.2. The maximum atomic E-state index is 12.4. The summed E-state index contributed by atoms with van der Waals surface area (Å²) < 4.78 is 5.11. The van der Waals surface area contributed by atoms with Crippen molar-refractivity contribution in [2.75, 3.05) is 12.4 Å². The normalized spacial score (nSPS) is 16.4. The van der Waals surface area contributed by atoms with Crippen molar-refractivity contribution in [2.45, 2.75) is 23.5 Å². The lowest BCUT2D eigenvalue weighted by molar-refractivity contribution is -0.115. The van der Waals surface area contributed by atoms with Crippen molar-refractivity contribution in [2.24, 2.45) is 0 Å². The minimum atomic E-state index is -0.0519. The van der Waals surface area contributed by atoms with Gasteiger partial charge < -0.3 is 10.1 Å².